The Kier molecular flexibility index (Phi) is 6.22. The van der Waals surface area contributed by atoms with E-state index in [-0.39, 0.29) is 5.91 Å². The smallest absolute Gasteiger partial charge is 0.260 e. The van der Waals surface area contributed by atoms with Crippen LogP contribution in [0.2, 0.25) is 0 Å². The topological polar surface area (TPSA) is 47.6 Å². The summed E-state index contributed by atoms with van der Waals surface area (Å²) < 4.78 is 10.5. The fraction of sp³-hybridized carbons (Fsp3) is 0.500. The third-order valence-corrected chi connectivity index (χ3v) is 2.59. The molecule has 0 saturated heterocycles. The number of carbonyl (C=O) groups is 1. The highest BCUT2D eigenvalue weighted by molar-refractivity contribution is 5.80. The Labute approximate surface area is 108 Å². The van der Waals surface area contributed by atoms with E-state index in [0.29, 0.717) is 13.2 Å². The van der Waals surface area contributed by atoms with Gasteiger partial charge in [-0.3, -0.25) is 4.79 Å². The Morgan fingerprint density at radius 1 is 1.39 bits per heavy atom. The highest BCUT2D eigenvalue weighted by atomic mass is 16.5. The molecule has 0 radical (unpaired) electrons. The lowest BCUT2D eigenvalue weighted by Crippen LogP contribution is -2.37. The molecule has 0 aliphatic heterocycles. The van der Waals surface area contributed by atoms with Crippen LogP contribution in [0.15, 0.2) is 24.3 Å². The lowest BCUT2D eigenvalue weighted by atomic mass is 10.2. The van der Waals surface area contributed by atoms with Gasteiger partial charge in [-0.1, -0.05) is 18.2 Å². The van der Waals surface area contributed by atoms with Crippen LogP contribution in [0.25, 0.3) is 0 Å². The van der Waals surface area contributed by atoms with Gasteiger partial charge >= 0.3 is 0 Å². The molecule has 0 heterocycles. The van der Waals surface area contributed by atoms with Gasteiger partial charge < -0.3 is 14.8 Å². The second kappa shape index (κ2) is 7.71. The fourth-order valence-corrected chi connectivity index (χ4v) is 1.50. The van der Waals surface area contributed by atoms with E-state index in [2.05, 4.69) is 5.32 Å². The van der Waals surface area contributed by atoms with Crippen molar-refractivity contribution in [2.24, 2.45) is 0 Å². The van der Waals surface area contributed by atoms with E-state index in [0.717, 1.165) is 17.7 Å². The lowest BCUT2D eigenvalue weighted by Gasteiger charge is -2.16. The average molecular weight is 251 g/mol. The number of amides is 1. The predicted molar refractivity (Wildman–Crippen MR) is 70.8 cm³/mol. The number of methoxy groups -OCH3 is 1. The first-order valence-electron chi connectivity index (χ1n) is 6.14. The van der Waals surface area contributed by atoms with Gasteiger partial charge in [-0.25, -0.2) is 0 Å². The molecule has 0 bridgehead atoms. The normalized spacial score (nSPS) is 11.9. The molecule has 0 saturated carbocycles. The van der Waals surface area contributed by atoms with Crippen molar-refractivity contribution < 1.29 is 14.3 Å². The molecule has 18 heavy (non-hydrogen) atoms. The maximum absolute atomic E-state index is 11.7. The molecule has 0 unspecified atom stereocenters. The van der Waals surface area contributed by atoms with E-state index in [9.17, 15) is 4.79 Å². The first-order valence-corrected chi connectivity index (χ1v) is 6.14. The highest BCUT2D eigenvalue weighted by Crippen LogP contribution is 2.17. The minimum absolute atomic E-state index is 0.102. The van der Waals surface area contributed by atoms with Crippen LogP contribution in [0.4, 0.5) is 0 Å². The molecule has 1 N–H and O–H groups in total. The van der Waals surface area contributed by atoms with Gasteiger partial charge in [0.1, 0.15) is 5.75 Å². The number of para-hydroxylation sites is 1. The van der Waals surface area contributed by atoms with Gasteiger partial charge in [0.15, 0.2) is 6.10 Å². The van der Waals surface area contributed by atoms with Crippen molar-refractivity contribution in [3.05, 3.63) is 29.8 Å². The van der Waals surface area contributed by atoms with Crippen LogP contribution in [-0.4, -0.2) is 32.3 Å². The van der Waals surface area contributed by atoms with Gasteiger partial charge in [0.05, 0.1) is 0 Å². The summed E-state index contributed by atoms with van der Waals surface area (Å²) in [6.45, 7) is 4.96. The average Bonchev–Trinajstić information content (AvgIpc) is 2.37. The van der Waals surface area contributed by atoms with Crippen molar-refractivity contribution in [1.82, 2.24) is 5.32 Å². The molecule has 1 amide bonds. The molecule has 1 aromatic carbocycles. The Bertz CT molecular complexity index is 379. The van der Waals surface area contributed by atoms with Gasteiger partial charge in [0.25, 0.3) is 5.91 Å². The van der Waals surface area contributed by atoms with E-state index in [1.54, 1.807) is 14.0 Å². The number of rotatable bonds is 7. The van der Waals surface area contributed by atoms with Gasteiger partial charge in [0, 0.05) is 20.3 Å². The summed E-state index contributed by atoms with van der Waals surface area (Å²) in [7, 11) is 1.64. The number of carbonyl (C=O) groups excluding carboxylic acids is 1. The Balaban J connectivity index is 2.38. The first-order chi connectivity index (χ1) is 8.65. The Morgan fingerprint density at radius 3 is 2.78 bits per heavy atom. The van der Waals surface area contributed by atoms with Crippen LogP contribution in [0.1, 0.15) is 18.9 Å². The first kappa shape index (κ1) is 14.5. The number of ether oxygens (including phenoxy) is 2. The summed E-state index contributed by atoms with van der Waals surface area (Å²) in [5.74, 6) is 0.645. The van der Waals surface area contributed by atoms with Gasteiger partial charge in [0.2, 0.25) is 0 Å². The number of hydrogen-bond donors (Lipinski definition) is 1. The monoisotopic (exact) mass is 251 g/mol. The quantitative estimate of drug-likeness (QED) is 0.753. The number of hydrogen-bond acceptors (Lipinski definition) is 3. The molecule has 100 valence electrons. The minimum Gasteiger partial charge on any atom is -0.481 e. The third kappa shape index (κ3) is 4.75. The van der Waals surface area contributed by atoms with E-state index in [4.69, 9.17) is 9.47 Å². The van der Waals surface area contributed by atoms with Crippen molar-refractivity contribution in [3.63, 3.8) is 0 Å². The van der Waals surface area contributed by atoms with Crippen LogP contribution >= 0.6 is 0 Å². The molecule has 0 aromatic heterocycles. The summed E-state index contributed by atoms with van der Waals surface area (Å²) in [5.41, 5.74) is 1.02. The van der Waals surface area contributed by atoms with Gasteiger partial charge in [-0.05, 0) is 31.9 Å². The van der Waals surface area contributed by atoms with Crippen molar-refractivity contribution in [3.8, 4) is 5.75 Å². The fourth-order valence-electron chi connectivity index (χ4n) is 1.50. The van der Waals surface area contributed by atoms with E-state index < -0.39 is 6.10 Å². The highest BCUT2D eigenvalue weighted by Gasteiger charge is 2.14. The molecule has 1 aromatic rings. The molecule has 0 aliphatic rings. The van der Waals surface area contributed by atoms with E-state index >= 15 is 0 Å². The van der Waals surface area contributed by atoms with E-state index in [1.807, 2.05) is 31.2 Å². The largest absolute Gasteiger partial charge is 0.481 e. The van der Waals surface area contributed by atoms with Crippen LogP contribution in [0.5, 0.6) is 5.75 Å². The molecular weight excluding hydrogens is 230 g/mol. The Morgan fingerprint density at radius 2 is 2.11 bits per heavy atom. The molecule has 1 rings (SSSR count). The SMILES string of the molecule is COCCCNC(=O)[C@@H](C)Oc1ccccc1C. The predicted octanol–water partition coefficient (Wildman–Crippen LogP) is 1.92. The summed E-state index contributed by atoms with van der Waals surface area (Å²) in [4.78, 5) is 11.7. The zero-order valence-corrected chi connectivity index (χ0v) is 11.2. The van der Waals surface area contributed by atoms with Crippen molar-refractivity contribution in [1.29, 1.82) is 0 Å². The molecular formula is C14H21NO3. The molecule has 0 fully saturated rings. The van der Waals surface area contributed by atoms with E-state index in [1.165, 1.54) is 0 Å². The lowest BCUT2D eigenvalue weighted by molar-refractivity contribution is -0.127. The zero-order valence-electron chi connectivity index (χ0n) is 11.2. The van der Waals surface area contributed by atoms with Crippen LogP contribution < -0.4 is 10.1 Å². The van der Waals surface area contributed by atoms with Crippen molar-refractivity contribution >= 4 is 5.91 Å². The molecule has 0 spiro atoms. The molecule has 0 aliphatic carbocycles. The number of nitrogens with one attached hydrogen (secondary N) is 1. The number of benzene rings is 1. The standard InChI is InChI=1S/C14H21NO3/c1-11-7-4-5-8-13(11)18-12(2)14(16)15-9-6-10-17-3/h4-5,7-8,12H,6,9-10H2,1-3H3,(H,15,16)/t12-/m1/s1. The van der Waals surface area contributed by atoms with Gasteiger partial charge in [-0.15, -0.1) is 0 Å². The summed E-state index contributed by atoms with van der Waals surface area (Å²) in [6, 6.07) is 7.66. The van der Waals surface area contributed by atoms with Crippen molar-refractivity contribution in [2.75, 3.05) is 20.3 Å². The minimum atomic E-state index is -0.492. The van der Waals surface area contributed by atoms with Crippen LogP contribution in [-0.2, 0) is 9.53 Å². The molecule has 1 atom stereocenters. The molecule has 4 nitrogen and oxygen atoms in total. The summed E-state index contributed by atoms with van der Waals surface area (Å²) >= 11 is 0. The Hall–Kier alpha value is -1.55. The maximum atomic E-state index is 11.7. The molecule has 4 heteroatoms. The number of aryl methyl sites for hydroxylation is 1. The van der Waals surface area contributed by atoms with Crippen LogP contribution in [0.3, 0.4) is 0 Å². The van der Waals surface area contributed by atoms with Crippen molar-refractivity contribution in [2.45, 2.75) is 26.4 Å². The zero-order chi connectivity index (χ0) is 13.4. The second-order valence-corrected chi connectivity index (χ2v) is 4.16. The second-order valence-electron chi connectivity index (χ2n) is 4.16. The summed E-state index contributed by atoms with van der Waals surface area (Å²) in [6.07, 6.45) is 0.313. The maximum Gasteiger partial charge on any atom is 0.260 e. The van der Waals surface area contributed by atoms with Crippen LogP contribution in [0, 0.1) is 6.92 Å². The third-order valence-electron chi connectivity index (χ3n) is 2.59. The summed E-state index contributed by atoms with van der Waals surface area (Å²) in [5, 5.41) is 2.81. The van der Waals surface area contributed by atoms with Gasteiger partial charge in [-0.2, -0.15) is 0 Å².